The van der Waals surface area contributed by atoms with E-state index in [0.29, 0.717) is 43.2 Å². The Hall–Kier alpha value is -2.25. The lowest BCUT2D eigenvalue weighted by molar-refractivity contribution is -0.729. The van der Waals surface area contributed by atoms with Gasteiger partial charge in [0.05, 0.1) is 23.7 Å². The first-order valence-corrected chi connectivity index (χ1v) is 8.02. The van der Waals surface area contributed by atoms with E-state index in [4.69, 9.17) is 14.7 Å². The molecule has 1 saturated heterocycles. The van der Waals surface area contributed by atoms with E-state index in [0.717, 1.165) is 0 Å². The number of hydrogen-bond donors (Lipinski definition) is 1. The van der Waals surface area contributed by atoms with Crippen LogP contribution in [-0.2, 0) is 9.53 Å². The Morgan fingerprint density at radius 2 is 2.04 bits per heavy atom. The molecule has 1 fully saturated rings. The van der Waals surface area contributed by atoms with Gasteiger partial charge in [-0.15, -0.1) is 0 Å². The summed E-state index contributed by atoms with van der Waals surface area (Å²) in [6.45, 7) is 6.27. The number of Topliss-reactive ketones (excluding diaryl/α,β-unsaturated/α-hetero) is 1. The molecule has 0 amide bonds. The molecule has 0 spiro atoms. The second-order valence-corrected chi connectivity index (χ2v) is 6.23. The second kappa shape index (κ2) is 6.70. The number of fused-ring (bicyclic) bond motifs is 1. The molecule has 1 N–H and O–H groups in total. The zero-order valence-electron chi connectivity index (χ0n) is 13.8. The molecule has 2 aliphatic rings. The number of morpholine rings is 1. The predicted molar refractivity (Wildman–Crippen MR) is 86.1 cm³/mol. The fraction of sp³-hybridized carbons (Fsp3) is 0.471. The summed E-state index contributed by atoms with van der Waals surface area (Å²) in [6, 6.07) is 4.61. The van der Waals surface area contributed by atoms with Crippen molar-refractivity contribution in [3.8, 4) is 5.75 Å². The maximum absolute atomic E-state index is 12.7. The molecule has 128 valence electrons. The van der Waals surface area contributed by atoms with Crippen LogP contribution >= 0.6 is 0 Å². The van der Waals surface area contributed by atoms with E-state index in [1.807, 2.05) is 13.8 Å². The number of carbonyl (C=O) groups excluding carboxylic acids is 1. The number of hydrogen-bond acceptors (Lipinski definition) is 5. The lowest BCUT2D eigenvalue weighted by atomic mass is 9.94. The van der Waals surface area contributed by atoms with Gasteiger partial charge in [-0.05, 0) is 12.1 Å². The summed E-state index contributed by atoms with van der Waals surface area (Å²) in [5, 5.41) is 9.07. The van der Waals surface area contributed by atoms with Crippen LogP contribution in [0.1, 0.15) is 19.4 Å². The Morgan fingerprint density at radius 3 is 2.67 bits per heavy atom. The van der Waals surface area contributed by atoms with Gasteiger partial charge in [0.1, 0.15) is 5.75 Å². The van der Waals surface area contributed by atoms with Crippen molar-refractivity contribution in [2.75, 3.05) is 26.3 Å². The standard InChI is InChI=1S/C17H21N2O5/c1-11(2)16(20)14-10-12-9-13(19(21)22)3-4-15(12)24-17(14)18-5-7-23-8-6-18/h3-4,9-11,17H,5-8H2,1-2H3,(H,21,22)/q+1. The van der Waals surface area contributed by atoms with Gasteiger partial charge in [-0.2, -0.15) is 0 Å². The van der Waals surface area contributed by atoms with Crippen molar-refractivity contribution in [1.29, 1.82) is 0 Å². The quantitative estimate of drug-likeness (QED) is 0.851. The van der Waals surface area contributed by atoms with Crippen LogP contribution in [0, 0.1) is 10.8 Å². The Labute approximate surface area is 140 Å². The summed E-state index contributed by atoms with van der Waals surface area (Å²) in [5.74, 6) is 0.421. The van der Waals surface area contributed by atoms with Crippen molar-refractivity contribution in [2.45, 2.75) is 20.1 Å². The number of rotatable bonds is 4. The minimum absolute atomic E-state index is 0.00511. The van der Waals surface area contributed by atoms with Crippen molar-refractivity contribution in [2.24, 2.45) is 5.92 Å². The van der Waals surface area contributed by atoms with Gasteiger partial charge in [0, 0.05) is 36.7 Å². The van der Waals surface area contributed by atoms with Crippen LogP contribution in [0.2, 0.25) is 0 Å². The van der Waals surface area contributed by atoms with Gasteiger partial charge >= 0.3 is 5.69 Å². The monoisotopic (exact) mass is 333 g/mol. The zero-order valence-corrected chi connectivity index (χ0v) is 13.8. The molecule has 1 aromatic rings. The SMILES string of the molecule is CC(C)C(=O)C1=Cc2cc([N+](=O)O)ccc2OC1N1CCOCC1. The minimum atomic E-state index is -0.459. The Morgan fingerprint density at radius 1 is 1.33 bits per heavy atom. The molecule has 0 radical (unpaired) electrons. The molecule has 24 heavy (non-hydrogen) atoms. The smallest absolute Gasteiger partial charge is 0.317 e. The van der Waals surface area contributed by atoms with Gasteiger partial charge in [-0.25, -0.2) is 5.21 Å². The molecular weight excluding hydrogens is 312 g/mol. The summed E-state index contributed by atoms with van der Waals surface area (Å²) >= 11 is 0. The van der Waals surface area contributed by atoms with E-state index in [-0.39, 0.29) is 22.3 Å². The highest BCUT2D eigenvalue weighted by Gasteiger charge is 2.34. The highest BCUT2D eigenvalue weighted by Crippen LogP contribution is 2.34. The molecule has 0 aliphatic carbocycles. The molecule has 1 atom stereocenters. The summed E-state index contributed by atoms with van der Waals surface area (Å²) in [6.07, 6.45) is 1.30. The van der Waals surface area contributed by atoms with Gasteiger partial charge in [0.25, 0.3) is 4.92 Å². The molecule has 0 bridgehead atoms. The molecule has 7 nitrogen and oxygen atoms in total. The molecule has 1 unspecified atom stereocenters. The van der Waals surface area contributed by atoms with Crippen molar-refractivity contribution < 1.29 is 24.4 Å². The summed E-state index contributed by atoms with van der Waals surface area (Å²) in [7, 11) is 0. The Balaban J connectivity index is 2.00. The summed E-state index contributed by atoms with van der Waals surface area (Å²) in [5.41, 5.74) is 1.26. The fourth-order valence-electron chi connectivity index (χ4n) is 2.91. The van der Waals surface area contributed by atoms with E-state index in [1.54, 1.807) is 12.1 Å². The van der Waals surface area contributed by atoms with Crippen molar-refractivity contribution in [1.82, 2.24) is 4.90 Å². The third-order valence-electron chi connectivity index (χ3n) is 4.22. The third-order valence-corrected chi connectivity index (χ3v) is 4.22. The van der Waals surface area contributed by atoms with Gasteiger partial charge in [0.2, 0.25) is 0 Å². The van der Waals surface area contributed by atoms with Gasteiger partial charge < -0.3 is 9.47 Å². The first kappa shape index (κ1) is 16.6. The number of ether oxygens (including phenoxy) is 2. The third kappa shape index (κ3) is 3.18. The maximum atomic E-state index is 12.7. The average molecular weight is 333 g/mol. The van der Waals surface area contributed by atoms with Crippen LogP contribution in [0.5, 0.6) is 5.75 Å². The lowest BCUT2D eigenvalue weighted by Gasteiger charge is -2.37. The lowest BCUT2D eigenvalue weighted by Crippen LogP contribution is -2.49. The average Bonchev–Trinajstić information content (AvgIpc) is 2.60. The molecule has 2 heterocycles. The second-order valence-electron chi connectivity index (χ2n) is 6.23. The first-order chi connectivity index (χ1) is 11.5. The number of carbonyl (C=O) groups is 1. The molecule has 0 saturated carbocycles. The summed E-state index contributed by atoms with van der Waals surface area (Å²) in [4.78, 5) is 25.6. The van der Waals surface area contributed by atoms with Crippen LogP contribution in [-0.4, -0.2) is 53.3 Å². The molecule has 1 aromatic carbocycles. The first-order valence-electron chi connectivity index (χ1n) is 8.02. The minimum Gasteiger partial charge on any atom is -0.470 e. The van der Waals surface area contributed by atoms with E-state index in [1.165, 1.54) is 12.1 Å². The fourth-order valence-corrected chi connectivity index (χ4v) is 2.91. The molecule has 3 rings (SSSR count). The normalized spacial score (nSPS) is 21.0. The number of nitrogens with zero attached hydrogens (tertiary/aromatic N) is 2. The topological polar surface area (TPSA) is 79.1 Å². The van der Waals surface area contributed by atoms with E-state index < -0.39 is 6.23 Å². The van der Waals surface area contributed by atoms with E-state index in [9.17, 15) is 9.70 Å². The molecule has 0 aromatic heterocycles. The maximum Gasteiger partial charge on any atom is 0.317 e. The van der Waals surface area contributed by atoms with Gasteiger partial charge in [0.15, 0.2) is 12.0 Å². The Bertz CT molecular complexity index is 692. The van der Waals surface area contributed by atoms with Crippen molar-refractivity contribution >= 4 is 17.5 Å². The van der Waals surface area contributed by atoms with E-state index >= 15 is 0 Å². The van der Waals surface area contributed by atoms with E-state index in [2.05, 4.69) is 4.90 Å². The summed E-state index contributed by atoms with van der Waals surface area (Å²) < 4.78 is 11.4. The molecule has 7 heteroatoms. The van der Waals surface area contributed by atoms with Crippen LogP contribution in [0.15, 0.2) is 23.8 Å². The van der Waals surface area contributed by atoms with Crippen molar-refractivity contribution in [3.63, 3.8) is 0 Å². The zero-order chi connectivity index (χ0) is 17.3. The molecular formula is C17H21N2O5+. The highest BCUT2D eigenvalue weighted by molar-refractivity contribution is 6.02. The molecule has 2 aliphatic heterocycles. The van der Waals surface area contributed by atoms with Crippen LogP contribution < -0.4 is 4.74 Å². The van der Waals surface area contributed by atoms with Crippen molar-refractivity contribution in [3.05, 3.63) is 34.2 Å². The van der Waals surface area contributed by atoms with Crippen LogP contribution in [0.25, 0.3) is 6.08 Å². The predicted octanol–water partition coefficient (Wildman–Crippen LogP) is 2.15. The highest BCUT2D eigenvalue weighted by atomic mass is 16.6. The number of ketones is 1. The van der Waals surface area contributed by atoms with Crippen LogP contribution in [0.4, 0.5) is 5.69 Å². The van der Waals surface area contributed by atoms with Crippen LogP contribution in [0.3, 0.4) is 0 Å². The number of benzene rings is 1. The largest absolute Gasteiger partial charge is 0.470 e. The van der Waals surface area contributed by atoms with Gasteiger partial charge in [-0.3, -0.25) is 9.69 Å². The van der Waals surface area contributed by atoms with Gasteiger partial charge in [-0.1, -0.05) is 13.8 Å². The Kier molecular flexibility index (Phi) is 4.64.